The molecule has 0 amide bonds. The van der Waals surface area contributed by atoms with Crippen LogP contribution in [0.2, 0.25) is 0 Å². The molecule has 0 bridgehead atoms. The SMILES string of the molecule is CCOc1ccccc1[C@H]1CCCCCN1. The van der Waals surface area contributed by atoms with Gasteiger partial charge >= 0.3 is 0 Å². The van der Waals surface area contributed by atoms with E-state index in [-0.39, 0.29) is 0 Å². The summed E-state index contributed by atoms with van der Waals surface area (Å²) in [6.07, 6.45) is 5.19. The molecule has 1 heterocycles. The largest absolute Gasteiger partial charge is 0.494 e. The average molecular weight is 219 g/mol. The van der Waals surface area contributed by atoms with Crippen LogP contribution in [0.25, 0.3) is 0 Å². The molecule has 0 aliphatic carbocycles. The minimum absolute atomic E-state index is 0.477. The van der Waals surface area contributed by atoms with E-state index in [0.717, 1.165) is 18.9 Å². The highest BCUT2D eigenvalue weighted by Crippen LogP contribution is 2.29. The van der Waals surface area contributed by atoms with Crippen molar-refractivity contribution in [1.29, 1.82) is 0 Å². The van der Waals surface area contributed by atoms with Gasteiger partial charge in [0.1, 0.15) is 5.75 Å². The van der Waals surface area contributed by atoms with E-state index in [2.05, 4.69) is 23.5 Å². The molecule has 1 aliphatic rings. The molecule has 1 aromatic carbocycles. The number of ether oxygens (including phenoxy) is 1. The maximum Gasteiger partial charge on any atom is 0.124 e. The second-order valence-electron chi connectivity index (χ2n) is 4.33. The van der Waals surface area contributed by atoms with E-state index in [1.165, 1.54) is 31.2 Å². The topological polar surface area (TPSA) is 21.3 Å². The number of para-hydroxylation sites is 1. The van der Waals surface area contributed by atoms with Crippen molar-refractivity contribution in [2.45, 2.75) is 38.6 Å². The monoisotopic (exact) mass is 219 g/mol. The summed E-state index contributed by atoms with van der Waals surface area (Å²) in [5.41, 5.74) is 1.33. The van der Waals surface area contributed by atoms with Crippen LogP contribution < -0.4 is 10.1 Å². The van der Waals surface area contributed by atoms with Crippen molar-refractivity contribution in [3.8, 4) is 5.75 Å². The molecule has 0 aromatic heterocycles. The predicted octanol–water partition coefficient (Wildman–Crippen LogP) is 3.29. The molecule has 1 N–H and O–H groups in total. The molecular weight excluding hydrogens is 198 g/mol. The zero-order valence-corrected chi connectivity index (χ0v) is 10.0. The van der Waals surface area contributed by atoms with E-state index in [1.54, 1.807) is 0 Å². The average Bonchev–Trinajstić information content (AvgIpc) is 2.59. The molecule has 0 saturated carbocycles. The highest BCUT2D eigenvalue weighted by atomic mass is 16.5. The Morgan fingerprint density at radius 2 is 2.12 bits per heavy atom. The Balaban J connectivity index is 2.16. The van der Waals surface area contributed by atoms with Gasteiger partial charge < -0.3 is 10.1 Å². The molecule has 1 aromatic rings. The molecule has 2 rings (SSSR count). The smallest absolute Gasteiger partial charge is 0.124 e. The summed E-state index contributed by atoms with van der Waals surface area (Å²) in [4.78, 5) is 0. The van der Waals surface area contributed by atoms with Gasteiger partial charge in [-0.1, -0.05) is 31.0 Å². The van der Waals surface area contributed by atoms with E-state index in [4.69, 9.17) is 4.74 Å². The van der Waals surface area contributed by atoms with Crippen LogP contribution in [-0.4, -0.2) is 13.2 Å². The summed E-state index contributed by atoms with van der Waals surface area (Å²) >= 11 is 0. The lowest BCUT2D eigenvalue weighted by Gasteiger charge is -2.19. The van der Waals surface area contributed by atoms with Crippen LogP contribution in [0, 0.1) is 0 Å². The number of hydrogen-bond acceptors (Lipinski definition) is 2. The minimum atomic E-state index is 0.477. The molecule has 16 heavy (non-hydrogen) atoms. The molecule has 0 radical (unpaired) electrons. The summed E-state index contributed by atoms with van der Waals surface area (Å²) in [7, 11) is 0. The highest BCUT2D eigenvalue weighted by molar-refractivity contribution is 5.36. The van der Waals surface area contributed by atoms with Crippen molar-refractivity contribution >= 4 is 0 Å². The first-order valence-corrected chi connectivity index (χ1v) is 6.37. The molecule has 1 atom stereocenters. The van der Waals surface area contributed by atoms with Gasteiger partial charge in [-0.05, 0) is 32.4 Å². The summed E-state index contributed by atoms with van der Waals surface area (Å²) < 4.78 is 5.69. The Hall–Kier alpha value is -1.02. The van der Waals surface area contributed by atoms with E-state index in [0.29, 0.717) is 6.04 Å². The first kappa shape index (κ1) is 11.5. The molecule has 2 heteroatoms. The van der Waals surface area contributed by atoms with Gasteiger partial charge in [-0.25, -0.2) is 0 Å². The summed E-state index contributed by atoms with van der Waals surface area (Å²) in [5, 5.41) is 3.62. The van der Waals surface area contributed by atoms with Gasteiger partial charge in [-0.3, -0.25) is 0 Å². The Morgan fingerprint density at radius 1 is 1.25 bits per heavy atom. The van der Waals surface area contributed by atoms with Gasteiger partial charge in [-0.2, -0.15) is 0 Å². The van der Waals surface area contributed by atoms with Crippen molar-refractivity contribution in [1.82, 2.24) is 5.32 Å². The van der Waals surface area contributed by atoms with Gasteiger partial charge in [0.25, 0.3) is 0 Å². The Labute approximate surface area is 98.0 Å². The minimum Gasteiger partial charge on any atom is -0.494 e. The lowest BCUT2D eigenvalue weighted by atomic mass is 10.0. The fraction of sp³-hybridized carbons (Fsp3) is 0.571. The standard InChI is InChI=1S/C14H21NO/c1-2-16-14-10-6-5-8-12(14)13-9-4-3-7-11-15-13/h5-6,8,10,13,15H,2-4,7,9,11H2,1H3/t13-/m1/s1. The molecule has 0 unspecified atom stereocenters. The van der Waals surface area contributed by atoms with Gasteiger partial charge in [0, 0.05) is 11.6 Å². The van der Waals surface area contributed by atoms with Crippen molar-refractivity contribution in [3.05, 3.63) is 29.8 Å². The van der Waals surface area contributed by atoms with Crippen LogP contribution in [-0.2, 0) is 0 Å². The third kappa shape index (κ3) is 2.76. The molecule has 88 valence electrons. The predicted molar refractivity (Wildman–Crippen MR) is 66.8 cm³/mol. The third-order valence-electron chi connectivity index (χ3n) is 3.15. The number of nitrogens with one attached hydrogen (secondary N) is 1. The highest BCUT2D eigenvalue weighted by Gasteiger charge is 2.16. The molecule has 1 saturated heterocycles. The normalized spacial score (nSPS) is 21.4. The second kappa shape index (κ2) is 5.90. The maximum absolute atomic E-state index is 5.69. The zero-order chi connectivity index (χ0) is 11.2. The summed E-state index contributed by atoms with van der Waals surface area (Å²) in [6, 6.07) is 8.89. The lowest BCUT2D eigenvalue weighted by Crippen LogP contribution is -2.20. The fourth-order valence-electron chi connectivity index (χ4n) is 2.35. The van der Waals surface area contributed by atoms with Crippen LogP contribution in [0.15, 0.2) is 24.3 Å². The van der Waals surface area contributed by atoms with Gasteiger partial charge in [0.05, 0.1) is 6.61 Å². The molecule has 1 fully saturated rings. The van der Waals surface area contributed by atoms with Crippen LogP contribution in [0.4, 0.5) is 0 Å². The number of benzene rings is 1. The molecule has 2 nitrogen and oxygen atoms in total. The molecule has 0 spiro atoms. The maximum atomic E-state index is 5.69. The first-order chi connectivity index (χ1) is 7.92. The van der Waals surface area contributed by atoms with Gasteiger partial charge in [-0.15, -0.1) is 0 Å². The van der Waals surface area contributed by atoms with Crippen molar-refractivity contribution in [3.63, 3.8) is 0 Å². The third-order valence-corrected chi connectivity index (χ3v) is 3.15. The van der Waals surface area contributed by atoms with E-state index in [9.17, 15) is 0 Å². The van der Waals surface area contributed by atoms with Gasteiger partial charge in [0.2, 0.25) is 0 Å². The van der Waals surface area contributed by atoms with Crippen LogP contribution >= 0.6 is 0 Å². The van der Waals surface area contributed by atoms with E-state index < -0.39 is 0 Å². The van der Waals surface area contributed by atoms with Gasteiger partial charge in [0.15, 0.2) is 0 Å². The lowest BCUT2D eigenvalue weighted by molar-refractivity contribution is 0.330. The quantitative estimate of drug-likeness (QED) is 0.842. The van der Waals surface area contributed by atoms with Crippen LogP contribution in [0.5, 0.6) is 5.75 Å². The van der Waals surface area contributed by atoms with Crippen molar-refractivity contribution < 1.29 is 4.74 Å². The Bertz CT molecular complexity index is 316. The summed E-state index contributed by atoms with van der Waals surface area (Å²) in [6.45, 7) is 3.91. The Kier molecular flexibility index (Phi) is 4.23. The van der Waals surface area contributed by atoms with Crippen LogP contribution in [0.3, 0.4) is 0 Å². The van der Waals surface area contributed by atoms with Crippen LogP contribution in [0.1, 0.15) is 44.2 Å². The number of rotatable bonds is 3. The van der Waals surface area contributed by atoms with Crippen molar-refractivity contribution in [2.24, 2.45) is 0 Å². The molecule has 1 aliphatic heterocycles. The summed E-state index contributed by atoms with van der Waals surface area (Å²) in [5.74, 6) is 1.05. The molecular formula is C14H21NO. The van der Waals surface area contributed by atoms with E-state index in [1.807, 2.05) is 13.0 Å². The fourth-order valence-corrected chi connectivity index (χ4v) is 2.35. The zero-order valence-electron chi connectivity index (χ0n) is 10.0. The Morgan fingerprint density at radius 3 is 3.00 bits per heavy atom. The van der Waals surface area contributed by atoms with E-state index >= 15 is 0 Å². The van der Waals surface area contributed by atoms with Crippen molar-refractivity contribution in [2.75, 3.05) is 13.2 Å². The number of hydrogen-bond donors (Lipinski definition) is 1. The second-order valence-corrected chi connectivity index (χ2v) is 4.33. The first-order valence-electron chi connectivity index (χ1n) is 6.37.